The zero-order valence-corrected chi connectivity index (χ0v) is 14.8. The first kappa shape index (κ1) is 20.0. The van der Waals surface area contributed by atoms with E-state index < -0.39 is 24.9 Å². The van der Waals surface area contributed by atoms with Crippen LogP contribution in [0.1, 0.15) is 17.5 Å². The fourth-order valence-corrected chi connectivity index (χ4v) is 2.81. The number of hydrogen-bond acceptors (Lipinski definition) is 9. The number of aliphatic hydroxyl groups is 3. The molecule has 0 saturated heterocycles. The summed E-state index contributed by atoms with van der Waals surface area (Å²) in [6.07, 6.45) is 0.380. The van der Waals surface area contributed by atoms with Crippen molar-refractivity contribution >= 4 is 37.9 Å². The lowest BCUT2D eigenvalue weighted by molar-refractivity contribution is -0.0138. The molecule has 5 atom stereocenters. The smallest absolute Gasteiger partial charge is 0.113 e. The molecular formula is C13H22N2O4S3. The van der Waals surface area contributed by atoms with E-state index in [4.69, 9.17) is 9.84 Å². The Hall–Kier alpha value is -0.0300. The first-order valence-corrected chi connectivity index (χ1v) is 8.38. The molecule has 0 bridgehead atoms. The standard InChI is InChI=1S/C13H22N2O4S3/c1-19-12(13(22)11(21)6-20)8-4-14-3-7(15-8)2-9(17)10(18)5-16/h3-4,9-13,16-18,20-22H,2,5-6H2,1H3. The van der Waals surface area contributed by atoms with E-state index in [1.54, 1.807) is 13.3 Å². The van der Waals surface area contributed by atoms with Gasteiger partial charge in [-0.25, -0.2) is 0 Å². The molecule has 9 heteroatoms. The van der Waals surface area contributed by atoms with Gasteiger partial charge in [0.05, 0.1) is 30.3 Å². The van der Waals surface area contributed by atoms with E-state index in [-0.39, 0.29) is 16.9 Å². The van der Waals surface area contributed by atoms with E-state index in [0.717, 1.165) is 0 Å². The van der Waals surface area contributed by atoms with Gasteiger partial charge in [-0.05, 0) is 0 Å². The van der Waals surface area contributed by atoms with Crippen molar-refractivity contribution in [3.05, 3.63) is 23.8 Å². The van der Waals surface area contributed by atoms with Gasteiger partial charge in [-0.2, -0.15) is 37.9 Å². The Labute approximate surface area is 146 Å². The van der Waals surface area contributed by atoms with Crippen LogP contribution in [0.15, 0.2) is 12.4 Å². The van der Waals surface area contributed by atoms with E-state index in [1.807, 2.05) is 0 Å². The highest BCUT2D eigenvalue weighted by Gasteiger charge is 2.27. The molecule has 126 valence electrons. The van der Waals surface area contributed by atoms with Crippen LogP contribution in [0.5, 0.6) is 0 Å². The Morgan fingerprint density at radius 1 is 1.23 bits per heavy atom. The molecule has 0 saturated carbocycles. The normalized spacial score (nSPS) is 18.5. The lowest BCUT2D eigenvalue weighted by Crippen LogP contribution is -2.32. The Kier molecular flexibility index (Phi) is 9.07. The van der Waals surface area contributed by atoms with Crippen molar-refractivity contribution in [2.75, 3.05) is 19.5 Å². The molecule has 0 aliphatic heterocycles. The summed E-state index contributed by atoms with van der Waals surface area (Å²) < 4.78 is 5.44. The molecule has 0 spiro atoms. The molecule has 0 aliphatic rings. The maximum atomic E-state index is 9.75. The van der Waals surface area contributed by atoms with Crippen molar-refractivity contribution in [2.24, 2.45) is 0 Å². The largest absolute Gasteiger partial charge is 0.394 e. The van der Waals surface area contributed by atoms with Crippen LogP contribution in [0.25, 0.3) is 0 Å². The predicted molar refractivity (Wildman–Crippen MR) is 94.0 cm³/mol. The highest BCUT2D eigenvalue weighted by Crippen LogP contribution is 2.28. The van der Waals surface area contributed by atoms with Crippen LogP contribution in [-0.2, 0) is 11.2 Å². The van der Waals surface area contributed by atoms with Gasteiger partial charge >= 0.3 is 0 Å². The molecule has 1 aromatic rings. The third-order valence-electron chi connectivity index (χ3n) is 3.19. The molecule has 0 fully saturated rings. The summed E-state index contributed by atoms with van der Waals surface area (Å²) in [6, 6.07) is 0. The molecule has 1 rings (SSSR count). The zero-order valence-electron chi connectivity index (χ0n) is 12.1. The lowest BCUT2D eigenvalue weighted by atomic mass is 10.1. The molecule has 22 heavy (non-hydrogen) atoms. The van der Waals surface area contributed by atoms with Crippen molar-refractivity contribution in [1.29, 1.82) is 0 Å². The Morgan fingerprint density at radius 3 is 2.45 bits per heavy atom. The van der Waals surface area contributed by atoms with Crippen molar-refractivity contribution in [2.45, 2.75) is 35.2 Å². The molecule has 6 nitrogen and oxygen atoms in total. The monoisotopic (exact) mass is 366 g/mol. The van der Waals surface area contributed by atoms with E-state index >= 15 is 0 Å². The number of nitrogens with zero attached hydrogens (tertiary/aromatic N) is 2. The van der Waals surface area contributed by atoms with Crippen LogP contribution < -0.4 is 0 Å². The van der Waals surface area contributed by atoms with Gasteiger partial charge in [0.25, 0.3) is 0 Å². The highest BCUT2D eigenvalue weighted by molar-refractivity contribution is 7.87. The number of ether oxygens (including phenoxy) is 1. The topological polar surface area (TPSA) is 95.7 Å². The van der Waals surface area contributed by atoms with Crippen molar-refractivity contribution in [3.63, 3.8) is 0 Å². The van der Waals surface area contributed by atoms with Crippen LogP contribution >= 0.6 is 37.9 Å². The summed E-state index contributed by atoms with van der Waals surface area (Å²) >= 11 is 13.1. The molecule has 5 unspecified atom stereocenters. The second-order valence-electron chi connectivity index (χ2n) is 4.85. The molecule has 0 aromatic carbocycles. The summed E-state index contributed by atoms with van der Waals surface area (Å²) in [7, 11) is 1.55. The van der Waals surface area contributed by atoms with E-state index in [2.05, 4.69) is 47.9 Å². The molecule has 0 radical (unpaired) electrons. The summed E-state index contributed by atoms with van der Waals surface area (Å²) in [5.74, 6) is 0.533. The van der Waals surface area contributed by atoms with Gasteiger partial charge in [0, 0.05) is 36.0 Å². The van der Waals surface area contributed by atoms with Crippen LogP contribution in [0.4, 0.5) is 0 Å². The predicted octanol–water partition coefficient (Wildman–Crippen LogP) is -0.0527. The molecule has 1 aromatic heterocycles. The number of methoxy groups -OCH3 is 1. The molecular weight excluding hydrogens is 344 g/mol. The summed E-state index contributed by atoms with van der Waals surface area (Å²) in [5.41, 5.74) is 1.05. The van der Waals surface area contributed by atoms with Gasteiger partial charge in [0.15, 0.2) is 0 Å². The molecule has 3 N–H and O–H groups in total. The third-order valence-corrected chi connectivity index (χ3v) is 5.24. The van der Waals surface area contributed by atoms with E-state index in [0.29, 0.717) is 17.1 Å². The summed E-state index contributed by atoms with van der Waals surface area (Å²) in [5, 5.41) is 27.7. The quantitative estimate of drug-likeness (QED) is 0.343. The second kappa shape index (κ2) is 9.96. The summed E-state index contributed by atoms with van der Waals surface area (Å²) in [6.45, 7) is -0.517. The lowest BCUT2D eigenvalue weighted by Gasteiger charge is -2.25. The van der Waals surface area contributed by atoms with Crippen molar-refractivity contribution < 1.29 is 20.1 Å². The average Bonchev–Trinajstić information content (AvgIpc) is 2.54. The SMILES string of the molecule is COC(c1cncc(CC(O)C(O)CO)n1)C(S)C(S)CS. The van der Waals surface area contributed by atoms with Gasteiger partial charge in [-0.15, -0.1) is 0 Å². The second-order valence-corrected chi connectivity index (χ2v) is 6.48. The van der Waals surface area contributed by atoms with Crippen LogP contribution in [0.2, 0.25) is 0 Å². The minimum absolute atomic E-state index is 0.0765. The number of aromatic nitrogens is 2. The Morgan fingerprint density at radius 2 is 1.91 bits per heavy atom. The van der Waals surface area contributed by atoms with Gasteiger partial charge in [0.1, 0.15) is 12.2 Å². The Balaban J connectivity index is 2.89. The number of hydrogen-bond donors (Lipinski definition) is 6. The Bertz CT molecular complexity index is 455. The highest BCUT2D eigenvalue weighted by atomic mass is 32.1. The minimum atomic E-state index is -1.22. The van der Waals surface area contributed by atoms with Gasteiger partial charge in [-0.3, -0.25) is 9.97 Å². The van der Waals surface area contributed by atoms with Gasteiger partial charge < -0.3 is 20.1 Å². The van der Waals surface area contributed by atoms with Crippen LogP contribution in [0, 0.1) is 0 Å². The van der Waals surface area contributed by atoms with Gasteiger partial charge in [0.2, 0.25) is 0 Å². The average molecular weight is 367 g/mol. The number of thiol groups is 3. The van der Waals surface area contributed by atoms with Crippen molar-refractivity contribution in [3.8, 4) is 0 Å². The van der Waals surface area contributed by atoms with Crippen LogP contribution in [0.3, 0.4) is 0 Å². The molecule has 0 aliphatic carbocycles. The number of rotatable bonds is 9. The first-order chi connectivity index (χ1) is 10.4. The van der Waals surface area contributed by atoms with Crippen molar-refractivity contribution in [1.82, 2.24) is 9.97 Å². The third kappa shape index (κ3) is 5.55. The summed E-state index contributed by atoms with van der Waals surface area (Å²) in [4.78, 5) is 8.47. The minimum Gasteiger partial charge on any atom is -0.394 e. The van der Waals surface area contributed by atoms with Gasteiger partial charge in [-0.1, -0.05) is 0 Å². The van der Waals surface area contributed by atoms with E-state index in [1.165, 1.54) is 6.20 Å². The van der Waals surface area contributed by atoms with E-state index in [9.17, 15) is 10.2 Å². The molecule has 1 heterocycles. The van der Waals surface area contributed by atoms with Crippen LogP contribution in [-0.4, -0.2) is 67.5 Å². The fourth-order valence-electron chi connectivity index (χ4n) is 1.88. The number of aliphatic hydroxyl groups excluding tert-OH is 3. The maximum Gasteiger partial charge on any atom is 0.113 e. The first-order valence-electron chi connectivity index (χ1n) is 6.72. The fraction of sp³-hybridized carbons (Fsp3) is 0.692. The molecule has 0 amide bonds. The maximum absolute atomic E-state index is 9.75. The zero-order chi connectivity index (χ0) is 16.7.